The van der Waals surface area contributed by atoms with Gasteiger partial charge in [-0.15, -0.1) is 5.10 Å². The molecule has 0 fully saturated rings. The smallest absolute Gasteiger partial charge is 0.342 e. The molecule has 24 heavy (non-hydrogen) atoms. The van der Waals surface area contributed by atoms with Gasteiger partial charge in [0, 0.05) is 5.02 Å². The highest BCUT2D eigenvalue weighted by molar-refractivity contribution is 6.31. The molecule has 0 N–H and O–H groups in total. The summed E-state index contributed by atoms with van der Waals surface area (Å²) in [5, 5.41) is 11.8. The first-order valence-corrected chi connectivity index (χ1v) is 7.40. The Balaban J connectivity index is 1.77. The monoisotopic (exact) mass is 344 g/mol. The third-order valence-electron chi connectivity index (χ3n) is 3.25. The Labute approximate surface area is 142 Å². The third-order valence-corrected chi connectivity index (χ3v) is 3.48. The fourth-order valence-corrected chi connectivity index (χ4v) is 2.29. The number of ether oxygens (including phenoxy) is 2. The lowest BCUT2D eigenvalue weighted by Gasteiger charge is -2.09. The van der Waals surface area contributed by atoms with Crippen LogP contribution in [0.25, 0.3) is 5.69 Å². The van der Waals surface area contributed by atoms with E-state index in [4.69, 9.17) is 21.1 Å². The lowest BCUT2D eigenvalue weighted by Crippen LogP contribution is -2.11. The molecule has 0 spiro atoms. The van der Waals surface area contributed by atoms with Crippen LogP contribution in [0, 0.1) is 0 Å². The minimum absolute atomic E-state index is 0.0869. The van der Waals surface area contributed by atoms with Gasteiger partial charge in [0.05, 0.1) is 12.8 Å². The molecule has 0 aliphatic heterocycles. The van der Waals surface area contributed by atoms with Crippen molar-refractivity contribution in [3.05, 3.63) is 64.9 Å². The summed E-state index contributed by atoms with van der Waals surface area (Å²) in [6.45, 7) is -0.0869. The minimum atomic E-state index is -0.572. The van der Waals surface area contributed by atoms with Gasteiger partial charge in [0.15, 0.2) is 12.4 Å². The Bertz CT molecular complexity index is 852. The van der Waals surface area contributed by atoms with Crippen LogP contribution in [-0.4, -0.2) is 33.3 Å². The van der Waals surface area contributed by atoms with Crippen molar-refractivity contribution in [2.24, 2.45) is 0 Å². The summed E-state index contributed by atoms with van der Waals surface area (Å²) in [5.41, 5.74) is 1.01. The van der Waals surface area contributed by atoms with Gasteiger partial charge in [-0.3, -0.25) is 0 Å². The Morgan fingerprint density at radius 3 is 2.75 bits per heavy atom. The average molecular weight is 345 g/mol. The highest BCUT2D eigenvalue weighted by Crippen LogP contribution is 2.23. The number of nitrogens with zero attached hydrogens (tertiary/aromatic N) is 4. The second-order valence-electron chi connectivity index (χ2n) is 4.76. The van der Waals surface area contributed by atoms with Crippen molar-refractivity contribution < 1.29 is 14.3 Å². The predicted octanol–water partition coefficient (Wildman–Crippen LogP) is 2.68. The first-order valence-electron chi connectivity index (χ1n) is 7.02. The number of para-hydroxylation sites is 1. The number of methoxy groups -OCH3 is 1. The van der Waals surface area contributed by atoms with Crippen molar-refractivity contribution >= 4 is 17.6 Å². The summed E-state index contributed by atoms with van der Waals surface area (Å²) in [5.74, 6) is 0.208. The topological polar surface area (TPSA) is 79.1 Å². The van der Waals surface area contributed by atoms with E-state index in [1.165, 1.54) is 17.9 Å². The standard InChI is InChI=1S/C16H13ClN4O3/c1-23-14-8-7-11(17)9-13(14)16(22)24-10-15-18-19-20-21(15)12-5-3-2-4-6-12/h2-9H,10H2,1H3. The number of halogens is 1. The van der Waals surface area contributed by atoms with E-state index in [1.54, 1.807) is 12.1 Å². The summed E-state index contributed by atoms with van der Waals surface area (Å²) < 4.78 is 11.9. The molecule has 3 aromatic rings. The van der Waals surface area contributed by atoms with E-state index in [9.17, 15) is 4.79 Å². The Kier molecular flexibility index (Phi) is 4.72. The molecule has 3 rings (SSSR count). The molecular weight excluding hydrogens is 332 g/mol. The van der Waals surface area contributed by atoms with Gasteiger partial charge in [-0.2, -0.15) is 4.68 Å². The molecule has 8 heteroatoms. The van der Waals surface area contributed by atoms with Gasteiger partial charge in [-0.1, -0.05) is 29.8 Å². The summed E-state index contributed by atoms with van der Waals surface area (Å²) in [7, 11) is 1.47. The van der Waals surface area contributed by atoms with Gasteiger partial charge >= 0.3 is 5.97 Å². The average Bonchev–Trinajstić information content (AvgIpc) is 3.09. The fraction of sp³-hybridized carbons (Fsp3) is 0.125. The number of esters is 1. The van der Waals surface area contributed by atoms with Crippen LogP contribution in [0.4, 0.5) is 0 Å². The van der Waals surface area contributed by atoms with E-state index in [-0.39, 0.29) is 12.2 Å². The highest BCUT2D eigenvalue weighted by atomic mass is 35.5. The van der Waals surface area contributed by atoms with Gasteiger partial charge < -0.3 is 9.47 Å². The zero-order chi connectivity index (χ0) is 16.9. The number of aromatic nitrogens is 4. The summed E-state index contributed by atoms with van der Waals surface area (Å²) >= 11 is 5.92. The molecule has 0 saturated carbocycles. The van der Waals surface area contributed by atoms with Crippen LogP contribution in [0.2, 0.25) is 5.02 Å². The lowest BCUT2D eigenvalue weighted by atomic mass is 10.2. The maximum atomic E-state index is 12.3. The number of tetrazole rings is 1. The van der Waals surface area contributed by atoms with Crippen LogP contribution < -0.4 is 4.74 Å². The molecular formula is C16H13ClN4O3. The van der Waals surface area contributed by atoms with Gasteiger partial charge in [0.2, 0.25) is 0 Å². The molecule has 1 aromatic heterocycles. The highest BCUT2D eigenvalue weighted by Gasteiger charge is 2.17. The van der Waals surface area contributed by atoms with E-state index >= 15 is 0 Å². The van der Waals surface area contributed by atoms with Crippen molar-refractivity contribution in [2.45, 2.75) is 6.61 Å². The normalized spacial score (nSPS) is 10.4. The van der Waals surface area contributed by atoms with E-state index in [1.807, 2.05) is 30.3 Å². The zero-order valence-corrected chi connectivity index (χ0v) is 13.5. The van der Waals surface area contributed by atoms with Crippen LogP contribution in [0.1, 0.15) is 16.2 Å². The number of carbonyl (C=O) groups is 1. The molecule has 0 saturated heterocycles. The maximum Gasteiger partial charge on any atom is 0.342 e. The summed E-state index contributed by atoms with van der Waals surface area (Å²) in [6, 6.07) is 14.0. The Hall–Kier alpha value is -2.93. The van der Waals surface area contributed by atoms with Crippen molar-refractivity contribution in [1.82, 2.24) is 20.2 Å². The number of benzene rings is 2. The van der Waals surface area contributed by atoms with Gasteiger partial charge in [0.1, 0.15) is 11.3 Å². The minimum Gasteiger partial charge on any atom is -0.496 e. The van der Waals surface area contributed by atoms with Crippen molar-refractivity contribution in [3.63, 3.8) is 0 Å². The fourth-order valence-electron chi connectivity index (χ4n) is 2.11. The van der Waals surface area contributed by atoms with Crippen molar-refractivity contribution in [1.29, 1.82) is 0 Å². The Morgan fingerprint density at radius 2 is 2.00 bits per heavy atom. The molecule has 0 radical (unpaired) electrons. The molecule has 0 unspecified atom stereocenters. The molecule has 0 amide bonds. The van der Waals surface area contributed by atoms with Crippen LogP contribution in [0.3, 0.4) is 0 Å². The predicted molar refractivity (Wildman–Crippen MR) is 86.3 cm³/mol. The van der Waals surface area contributed by atoms with E-state index in [0.717, 1.165) is 5.69 Å². The van der Waals surface area contributed by atoms with Gasteiger partial charge in [-0.25, -0.2) is 4.79 Å². The van der Waals surface area contributed by atoms with E-state index in [2.05, 4.69) is 15.5 Å². The zero-order valence-electron chi connectivity index (χ0n) is 12.7. The van der Waals surface area contributed by atoms with Crippen LogP contribution in [0.15, 0.2) is 48.5 Å². The Morgan fingerprint density at radius 1 is 1.21 bits per heavy atom. The molecule has 7 nitrogen and oxygen atoms in total. The summed E-state index contributed by atoms with van der Waals surface area (Å²) in [6.07, 6.45) is 0. The first-order chi connectivity index (χ1) is 11.7. The third kappa shape index (κ3) is 3.36. The molecule has 2 aromatic carbocycles. The van der Waals surface area contributed by atoms with E-state index < -0.39 is 5.97 Å². The second-order valence-corrected chi connectivity index (χ2v) is 5.20. The molecule has 0 bridgehead atoms. The molecule has 122 valence electrons. The first kappa shape index (κ1) is 15.9. The van der Waals surface area contributed by atoms with Crippen LogP contribution >= 0.6 is 11.6 Å². The van der Waals surface area contributed by atoms with Gasteiger partial charge in [-0.05, 0) is 40.8 Å². The molecule has 0 atom stereocenters. The number of rotatable bonds is 5. The largest absolute Gasteiger partial charge is 0.496 e. The van der Waals surface area contributed by atoms with Crippen molar-refractivity contribution in [3.8, 4) is 11.4 Å². The number of hydrogen-bond acceptors (Lipinski definition) is 6. The SMILES string of the molecule is COc1ccc(Cl)cc1C(=O)OCc1nnnn1-c1ccccc1. The maximum absolute atomic E-state index is 12.3. The molecule has 1 heterocycles. The number of hydrogen-bond donors (Lipinski definition) is 0. The second kappa shape index (κ2) is 7.10. The quantitative estimate of drug-likeness (QED) is 0.662. The van der Waals surface area contributed by atoms with Crippen LogP contribution in [-0.2, 0) is 11.3 Å². The molecule has 0 aliphatic rings. The van der Waals surface area contributed by atoms with Gasteiger partial charge in [0.25, 0.3) is 0 Å². The van der Waals surface area contributed by atoms with E-state index in [0.29, 0.717) is 16.6 Å². The van der Waals surface area contributed by atoms with Crippen LogP contribution in [0.5, 0.6) is 5.75 Å². The van der Waals surface area contributed by atoms with Crippen molar-refractivity contribution in [2.75, 3.05) is 7.11 Å². The lowest BCUT2D eigenvalue weighted by molar-refractivity contribution is 0.0456. The molecule has 0 aliphatic carbocycles. The number of carbonyl (C=O) groups excluding carboxylic acids is 1. The summed E-state index contributed by atoms with van der Waals surface area (Å²) in [4.78, 5) is 12.3.